The molecule has 0 N–H and O–H groups in total. The molecular formula is C68H43OP. The van der Waals surface area contributed by atoms with Crippen molar-refractivity contribution < 1.29 is 4.42 Å². The van der Waals surface area contributed by atoms with Crippen LogP contribution < -0.4 is 15.9 Å². The Morgan fingerprint density at radius 2 is 0.671 bits per heavy atom. The van der Waals surface area contributed by atoms with Crippen LogP contribution >= 0.6 is 7.92 Å². The van der Waals surface area contributed by atoms with E-state index in [4.69, 9.17) is 4.42 Å². The van der Waals surface area contributed by atoms with Gasteiger partial charge in [-0.15, -0.1) is 0 Å². The lowest BCUT2D eigenvalue weighted by Crippen LogP contribution is -2.21. The Kier molecular flexibility index (Phi) is 9.58. The van der Waals surface area contributed by atoms with Crippen molar-refractivity contribution in [2.45, 2.75) is 0 Å². The summed E-state index contributed by atoms with van der Waals surface area (Å²) in [5, 5.41) is 11.3. The van der Waals surface area contributed by atoms with E-state index in [2.05, 4.69) is 261 Å². The van der Waals surface area contributed by atoms with Crippen LogP contribution in [-0.2, 0) is 0 Å². The zero-order valence-corrected chi connectivity index (χ0v) is 39.1. The van der Waals surface area contributed by atoms with E-state index in [-0.39, 0.29) is 0 Å². The van der Waals surface area contributed by atoms with Crippen LogP contribution in [0.25, 0.3) is 121 Å². The van der Waals surface area contributed by atoms with Crippen LogP contribution in [0.2, 0.25) is 0 Å². The Labute approximate surface area is 408 Å². The summed E-state index contributed by atoms with van der Waals surface area (Å²) >= 11 is 0. The number of hydrogen-bond acceptors (Lipinski definition) is 1. The molecule has 0 atom stereocenters. The molecule has 70 heavy (non-hydrogen) atoms. The Hall–Kier alpha value is -8.61. The molecule has 326 valence electrons. The summed E-state index contributed by atoms with van der Waals surface area (Å²) in [4.78, 5) is 0. The standard InChI is InChI=1S/C68H43OP/c1-5-18-44(19-6-1)49-26-15-28-53(40-49)70(54-29-16-27-50(41-54)45-20-7-2-8-21-45)52-37-34-46(35-38-52)51-36-39-57-61(42-51)69-62-43-60-65-58(66(57)62)32-17-33-59(65)67-63(47-22-9-3-10-23-47)55-30-13-14-31-56(55)64(68(60)67)48-24-11-4-12-25-48/h1-43H. The van der Waals surface area contributed by atoms with Crippen LogP contribution in [0.15, 0.2) is 265 Å². The summed E-state index contributed by atoms with van der Waals surface area (Å²) in [5.41, 5.74) is 19.1. The van der Waals surface area contributed by atoms with Gasteiger partial charge in [0, 0.05) is 10.8 Å². The third-order valence-corrected chi connectivity index (χ3v) is 16.8. The largest absolute Gasteiger partial charge is 0.456 e. The molecule has 13 aromatic rings. The molecule has 14 rings (SSSR count). The highest BCUT2D eigenvalue weighted by molar-refractivity contribution is 7.79. The van der Waals surface area contributed by atoms with Gasteiger partial charge in [0.05, 0.1) is 0 Å². The van der Waals surface area contributed by atoms with Crippen LogP contribution in [0, 0.1) is 0 Å². The summed E-state index contributed by atoms with van der Waals surface area (Å²) in [6, 6.07) is 95.8. The first kappa shape index (κ1) is 40.5. The van der Waals surface area contributed by atoms with Gasteiger partial charge in [0.25, 0.3) is 0 Å². The summed E-state index contributed by atoms with van der Waals surface area (Å²) in [5.74, 6) is 0. The Morgan fingerprint density at radius 3 is 1.24 bits per heavy atom. The lowest BCUT2D eigenvalue weighted by atomic mass is 9.82. The van der Waals surface area contributed by atoms with Crippen LogP contribution in [0.5, 0.6) is 0 Å². The maximum absolute atomic E-state index is 7.03. The van der Waals surface area contributed by atoms with Crippen molar-refractivity contribution >= 4 is 67.3 Å². The van der Waals surface area contributed by atoms with E-state index in [1.165, 1.54) is 110 Å². The molecule has 0 fully saturated rings. The molecule has 0 unspecified atom stereocenters. The zero-order valence-electron chi connectivity index (χ0n) is 38.2. The summed E-state index contributed by atoms with van der Waals surface area (Å²) in [7, 11) is -0.880. The number of fused-ring (bicyclic) bond motifs is 8. The molecule has 1 aliphatic rings. The molecule has 1 nitrogen and oxygen atoms in total. The molecule has 0 spiro atoms. The minimum atomic E-state index is -0.880. The second-order valence-electron chi connectivity index (χ2n) is 18.3. The van der Waals surface area contributed by atoms with Crippen molar-refractivity contribution in [3.63, 3.8) is 0 Å². The molecule has 0 bridgehead atoms. The van der Waals surface area contributed by atoms with E-state index in [9.17, 15) is 0 Å². The Balaban J connectivity index is 0.901. The maximum Gasteiger partial charge on any atom is 0.136 e. The quantitative estimate of drug-likeness (QED) is 0.139. The van der Waals surface area contributed by atoms with Gasteiger partial charge in [-0.3, -0.25) is 0 Å². The molecule has 0 amide bonds. The smallest absolute Gasteiger partial charge is 0.136 e. The Morgan fingerprint density at radius 1 is 0.229 bits per heavy atom. The van der Waals surface area contributed by atoms with Gasteiger partial charge in [0.1, 0.15) is 11.2 Å². The lowest BCUT2D eigenvalue weighted by molar-refractivity contribution is 0.669. The van der Waals surface area contributed by atoms with Gasteiger partial charge in [-0.1, -0.05) is 231 Å². The fraction of sp³-hybridized carbons (Fsp3) is 0. The zero-order chi connectivity index (χ0) is 46.1. The highest BCUT2D eigenvalue weighted by atomic mass is 31.1. The maximum atomic E-state index is 7.03. The predicted octanol–water partition coefficient (Wildman–Crippen LogP) is 17.6. The van der Waals surface area contributed by atoms with Crippen molar-refractivity contribution in [3.8, 4) is 77.9 Å². The highest BCUT2D eigenvalue weighted by Crippen LogP contribution is 2.59. The monoisotopic (exact) mass is 906 g/mol. The van der Waals surface area contributed by atoms with E-state index in [0.717, 1.165) is 27.7 Å². The average molecular weight is 907 g/mol. The third-order valence-electron chi connectivity index (χ3n) is 14.4. The van der Waals surface area contributed by atoms with Crippen molar-refractivity contribution in [2.75, 3.05) is 0 Å². The first-order valence-corrected chi connectivity index (χ1v) is 25.4. The first-order chi connectivity index (χ1) is 34.7. The number of rotatable bonds is 8. The predicted molar refractivity (Wildman–Crippen MR) is 299 cm³/mol. The van der Waals surface area contributed by atoms with Gasteiger partial charge in [-0.2, -0.15) is 0 Å². The molecule has 1 heterocycles. The molecule has 0 radical (unpaired) electrons. The van der Waals surface area contributed by atoms with E-state index < -0.39 is 7.92 Å². The topological polar surface area (TPSA) is 13.1 Å². The lowest BCUT2D eigenvalue weighted by Gasteiger charge is -2.21. The van der Waals surface area contributed by atoms with Crippen LogP contribution in [0.3, 0.4) is 0 Å². The molecule has 1 aliphatic carbocycles. The molecule has 0 saturated heterocycles. The van der Waals surface area contributed by atoms with Crippen molar-refractivity contribution in [2.24, 2.45) is 0 Å². The van der Waals surface area contributed by atoms with Crippen molar-refractivity contribution in [1.29, 1.82) is 0 Å². The van der Waals surface area contributed by atoms with Gasteiger partial charge >= 0.3 is 0 Å². The van der Waals surface area contributed by atoms with E-state index in [0.29, 0.717) is 0 Å². The van der Waals surface area contributed by atoms with E-state index in [1.807, 2.05) is 0 Å². The van der Waals surface area contributed by atoms with Crippen molar-refractivity contribution in [3.05, 3.63) is 261 Å². The molecule has 0 saturated carbocycles. The molecule has 0 aliphatic heterocycles. The van der Waals surface area contributed by atoms with E-state index >= 15 is 0 Å². The minimum absolute atomic E-state index is 0.880. The van der Waals surface area contributed by atoms with Crippen molar-refractivity contribution in [1.82, 2.24) is 0 Å². The fourth-order valence-corrected chi connectivity index (χ4v) is 13.6. The number of hydrogen-bond donors (Lipinski definition) is 0. The first-order valence-electron chi connectivity index (χ1n) is 24.1. The van der Waals surface area contributed by atoms with E-state index in [1.54, 1.807) is 0 Å². The number of benzene rings is 12. The summed E-state index contributed by atoms with van der Waals surface area (Å²) in [6.07, 6.45) is 0. The molecular weight excluding hydrogens is 864 g/mol. The second kappa shape index (κ2) is 16.6. The Bertz CT molecular complexity index is 4050. The summed E-state index contributed by atoms with van der Waals surface area (Å²) in [6.45, 7) is 0. The molecule has 2 heteroatoms. The minimum Gasteiger partial charge on any atom is -0.456 e. The van der Waals surface area contributed by atoms with Crippen LogP contribution in [-0.4, -0.2) is 0 Å². The third kappa shape index (κ3) is 6.58. The van der Waals surface area contributed by atoms with Gasteiger partial charge in [0.15, 0.2) is 0 Å². The molecule has 1 aromatic heterocycles. The van der Waals surface area contributed by atoms with Gasteiger partial charge < -0.3 is 4.42 Å². The highest BCUT2D eigenvalue weighted by Gasteiger charge is 2.32. The molecule has 12 aromatic carbocycles. The second-order valence-corrected chi connectivity index (χ2v) is 20.6. The van der Waals surface area contributed by atoms with Gasteiger partial charge in [0.2, 0.25) is 0 Å². The van der Waals surface area contributed by atoms with Crippen LogP contribution in [0.4, 0.5) is 0 Å². The van der Waals surface area contributed by atoms with Gasteiger partial charge in [-0.25, -0.2) is 0 Å². The average Bonchev–Trinajstić information content (AvgIpc) is 3.97. The fourth-order valence-electron chi connectivity index (χ4n) is 11.3. The number of furan rings is 1. The van der Waals surface area contributed by atoms with Crippen LogP contribution in [0.1, 0.15) is 0 Å². The normalized spacial score (nSPS) is 11.8. The van der Waals surface area contributed by atoms with Gasteiger partial charge in [-0.05, 0) is 154 Å². The summed E-state index contributed by atoms with van der Waals surface area (Å²) < 4.78 is 7.03. The SMILES string of the molecule is c1ccc(-c2cccc(P(c3ccc(-c4ccc5c(c4)oc4cc6c7c(cccc7c45)-c4c-6c(-c5ccccc5)c5ccccc5c4-c4ccccc4)cc3)c3cccc(-c4ccccc4)c3)c2)cc1.